The minimum absolute atomic E-state index is 0.0106. The van der Waals surface area contributed by atoms with Gasteiger partial charge in [0, 0.05) is 0 Å². The number of hydrogen-bond acceptors (Lipinski definition) is 25. The lowest BCUT2D eigenvalue weighted by atomic mass is 9.56. The van der Waals surface area contributed by atoms with Crippen LogP contribution in [0.5, 0.6) is 0 Å². The molecule has 0 fully saturated rings. The maximum absolute atomic E-state index is 11.2. The molecule has 127 heavy (non-hydrogen) atoms. The van der Waals surface area contributed by atoms with E-state index in [4.69, 9.17) is 0 Å². The topological polar surface area (TPSA) is 595 Å². The molecule has 0 rings (SSSR count). The van der Waals surface area contributed by atoms with Crippen LogP contribution in [0.25, 0.3) is 0 Å². The van der Waals surface area contributed by atoms with E-state index in [1.54, 1.807) is 180 Å². The number of hydrogen-bond donors (Lipinski definition) is 0. The van der Waals surface area contributed by atoms with Gasteiger partial charge < -0.3 is 0 Å². The van der Waals surface area contributed by atoms with Crippen molar-refractivity contribution in [1.29, 1.82) is 132 Å². The van der Waals surface area contributed by atoms with Crippen molar-refractivity contribution in [3.63, 3.8) is 0 Å². The van der Waals surface area contributed by atoms with E-state index in [0.717, 1.165) is 0 Å². The molecule has 0 saturated carbocycles. The smallest absolute Gasteiger partial charge is 0.0688 e. The van der Waals surface area contributed by atoms with Gasteiger partial charge in [-0.1, -0.05) is 6.92 Å². The van der Waals surface area contributed by atoms with Crippen LogP contribution in [0.3, 0.4) is 0 Å². The third-order valence-corrected chi connectivity index (χ3v) is 26.3. The molecule has 25 nitrogen and oxygen atoms in total. The van der Waals surface area contributed by atoms with Gasteiger partial charge in [0.25, 0.3) is 0 Å². The Kier molecular flexibility index (Phi) is 36.6. The monoisotopic (exact) mass is 1710 g/mol. The molecular weight excluding hydrogens is 1580 g/mol. The van der Waals surface area contributed by atoms with Crippen molar-refractivity contribution in [3.05, 3.63) is 0 Å². The van der Waals surface area contributed by atoms with E-state index < -0.39 is 135 Å². The van der Waals surface area contributed by atoms with Crippen molar-refractivity contribution < 1.29 is 0 Å². The quantitative estimate of drug-likeness (QED) is 0.0546. The lowest BCUT2D eigenvalue weighted by Crippen LogP contribution is -2.40. The van der Waals surface area contributed by atoms with Crippen LogP contribution in [0.4, 0.5) is 0 Å². The third-order valence-electron chi connectivity index (χ3n) is 26.3. The van der Waals surface area contributed by atoms with Crippen molar-refractivity contribution in [2.24, 2.45) is 135 Å². The van der Waals surface area contributed by atoms with Crippen LogP contribution in [0.2, 0.25) is 0 Å². The summed E-state index contributed by atoms with van der Waals surface area (Å²) in [5, 5.41) is 272. The highest BCUT2D eigenvalue weighted by Gasteiger charge is 2.57. The summed E-state index contributed by atoms with van der Waals surface area (Å²) in [4.78, 5) is 0. The van der Waals surface area contributed by atoms with Crippen molar-refractivity contribution >= 4 is 0 Å². The Morgan fingerprint density at radius 2 is 0.165 bits per heavy atom. The van der Waals surface area contributed by atoms with Gasteiger partial charge in [-0.15, -0.1) is 0 Å². The van der Waals surface area contributed by atoms with Crippen LogP contribution in [0.15, 0.2) is 0 Å². The van der Waals surface area contributed by atoms with Crippen LogP contribution in [0.1, 0.15) is 347 Å². The van der Waals surface area contributed by atoms with Gasteiger partial charge in [-0.2, -0.15) is 132 Å². The molecule has 0 aliphatic carbocycles. The summed E-state index contributed by atoms with van der Waals surface area (Å²) in [7, 11) is 0. The van der Waals surface area contributed by atoms with E-state index in [1.807, 2.05) is 6.92 Å². The lowest BCUT2D eigenvalue weighted by Gasteiger charge is -2.43. The molecule has 0 aromatic heterocycles. The first kappa shape index (κ1) is 114. The van der Waals surface area contributed by atoms with E-state index in [2.05, 4.69) is 152 Å². The summed E-state index contributed by atoms with van der Waals surface area (Å²) >= 11 is 0. The normalized spacial score (nSPS) is 22.5. The third kappa shape index (κ3) is 32.0. The molecule has 24 unspecified atom stereocenters. The van der Waals surface area contributed by atoms with Crippen LogP contribution in [0, 0.1) is 419 Å². The summed E-state index contributed by atoms with van der Waals surface area (Å²) in [5.41, 5.74) is -34.9. The molecule has 0 heterocycles. The Morgan fingerprint density at radius 1 is 0.102 bits per heavy atom. The molecule has 0 amide bonds. The molecule has 0 saturated heterocycles. The second-order valence-corrected chi connectivity index (χ2v) is 46.7. The molecule has 0 radical (unpaired) electrons. The van der Waals surface area contributed by atoms with Gasteiger partial charge in [-0.25, -0.2) is 0 Å². The highest BCUT2D eigenvalue weighted by Crippen LogP contribution is 2.61. The summed E-state index contributed by atoms with van der Waals surface area (Å²) in [6, 6.07) is 57.7. The summed E-state index contributed by atoms with van der Waals surface area (Å²) in [6.07, 6.45) is -3.02. The molecule has 25 heteroatoms. The molecule has 664 valence electrons. The van der Waals surface area contributed by atoms with Crippen LogP contribution < -0.4 is 0 Å². The summed E-state index contributed by atoms with van der Waals surface area (Å²) in [6.45, 7) is 43.5. The number of nitriles is 25. The van der Waals surface area contributed by atoms with Crippen LogP contribution in [-0.2, 0) is 0 Å². The van der Waals surface area contributed by atoms with Crippen molar-refractivity contribution in [2.45, 2.75) is 347 Å². The molecule has 0 aromatic carbocycles. The van der Waals surface area contributed by atoms with Gasteiger partial charge in [0.15, 0.2) is 0 Å². The van der Waals surface area contributed by atoms with Gasteiger partial charge in [0.1, 0.15) is 0 Å². The minimum Gasteiger partial charge on any atom is -0.198 e. The van der Waals surface area contributed by atoms with Crippen LogP contribution >= 0.6 is 0 Å². The summed E-state index contributed by atoms with van der Waals surface area (Å²) in [5.74, 6) is 0. The van der Waals surface area contributed by atoms with Crippen molar-refractivity contribution in [2.75, 3.05) is 0 Å². The fraction of sp³-hybridized carbons (Fsp3) is 0.755. The Balaban J connectivity index is 7.26. The second-order valence-electron chi connectivity index (χ2n) is 46.7. The standard InChI is InChI=1S/C102H131N25/c1-28-79(4,54-104)30-81(6,56-106)32-83(8,58-108)34-85(10,60-110)36-87(12,62-112)38-89(14,64-114)40-91(16,66-116)42-93(18,68-118)44-95(20,70-120)46-97(22,72-122)48-99(24,74-124)50-101(26,76-126)52-102(27,77-127)51-100(25,75-125)49-98(23,73-123)47-96(21,71-121)45-94(19,69-119)43-92(17,67-117)41-90(15,65-115)39-88(13,63-113)37-86(11,61-111)35-84(9,59-109)33-82(7,57-107)31-80(5,55-105)29-78(2,3)53-103/h28-52H2,1-27H3. The average Bonchev–Trinajstić information content (AvgIpc) is 0.779. The largest absolute Gasteiger partial charge is 0.198 e. The molecule has 0 bridgehead atoms. The van der Waals surface area contributed by atoms with Crippen molar-refractivity contribution in [1.82, 2.24) is 0 Å². The lowest BCUT2D eigenvalue weighted by molar-refractivity contribution is 0.0926. The van der Waals surface area contributed by atoms with Gasteiger partial charge >= 0.3 is 0 Å². The predicted octanol–water partition coefficient (Wildman–Crippen LogP) is 24.0. The molecule has 0 aromatic rings. The zero-order valence-electron chi connectivity index (χ0n) is 80.9. The fourth-order valence-corrected chi connectivity index (χ4v) is 24.3. The molecule has 0 spiro atoms. The Bertz CT molecular complexity index is 5070. The maximum Gasteiger partial charge on any atom is 0.0688 e. The zero-order chi connectivity index (χ0) is 99.9. The van der Waals surface area contributed by atoms with Crippen molar-refractivity contribution in [3.8, 4) is 152 Å². The first-order valence-electron chi connectivity index (χ1n) is 42.9. The van der Waals surface area contributed by atoms with Gasteiger partial charge in [0.2, 0.25) is 0 Å². The first-order valence-corrected chi connectivity index (χ1v) is 42.9. The average molecular weight is 1710 g/mol. The number of nitrogens with zero attached hydrogens (tertiary/aromatic N) is 25. The van der Waals surface area contributed by atoms with Gasteiger partial charge in [-0.3, -0.25) is 0 Å². The molecule has 24 atom stereocenters. The second kappa shape index (κ2) is 40.7. The molecule has 0 N–H and O–H groups in total. The highest BCUT2D eigenvalue weighted by molar-refractivity contribution is 5.25. The van der Waals surface area contributed by atoms with E-state index in [0.29, 0.717) is 6.42 Å². The molecule has 0 aliphatic heterocycles. The zero-order valence-corrected chi connectivity index (χ0v) is 80.9. The van der Waals surface area contributed by atoms with Gasteiger partial charge in [-0.05, 0) is 341 Å². The van der Waals surface area contributed by atoms with E-state index >= 15 is 0 Å². The Hall–Kier alpha value is -12.7. The Labute approximate surface area is 761 Å². The molecular formula is C102H131N25. The van der Waals surface area contributed by atoms with Crippen LogP contribution in [-0.4, -0.2) is 0 Å². The highest BCUT2D eigenvalue weighted by atomic mass is 14.6. The number of rotatable bonds is 49. The van der Waals surface area contributed by atoms with E-state index in [1.165, 1.54) is 0 Å². The molecule has 0 aliphatic rings. The van der Waals surface area contributed by atoms with E-state index in [-0.39, 0.29) is 154 Å². The van der Waals surface area contributed by atoms with E-state index in [9.17, 15) is 132 Å². The minimum atomic E-state index is -1.54. The first-order chi connectivity index (χ1) is 57.5. The SMILES string of the molecule is CCC(C)(C#N)CC(C)(C#N)CC(C)(C#N)CC(C)(C#N)CC(C)(C#N)CC(C)(C#N)CC(C)(C#N)CC(C)(C#N)CC(C)(C#N)CC(C)(C#N)CC(C)(C#N)CC(C)(C#N)CC(C)(C#N)CC(C)(C#N)CC(C)(C#N)CC(C)(C#N)CC(C)(C#N)CC(C)(C#N)CC(C)(C#N)CC(C)(C#N)CC(C)(C#N)CC(C)(C#N)CC(C)(C#N)CC(C)(C#N)CC(C)(C)C#N. The van der Waals surface area contributed by atoms with Gasteiger partial charge in [0.05, 0.1) is 287 Å². The predicted molar refractivity (Wildman–Crippen MR) is 470 cm³/mol. The maximum atomic E-state index is 11.2. The Morgan fingerprint density at radius 3 is 0.220 bits per heavy atom. The fourth-order valence-electron chi connectivity index (χ4n) is 24.3. The summed E-state index contributed by atoms with van der Waals surface area (Å²) < 4.78 is 0.